The first-order valence-corrected chi connectivity index (χ1v) is 6.51. The van der Waals surface area contributed by atoms with Gasteiger partial charge in [0.25, 0.3) is 17.5 Å². The third-order valence-electron chi connectivity index (χ3n) is 3.01. The molecule has 116 valence electrons. The molecule has 3 amide bonds. The van der Waals surface area contributed by atoms with Gasteiger partial charge in [-0.2, -0.15) is 0 Å². The summed E-state index contributed by atoms with van der Waals surface area (Å²) in [5, 5.41) is 13.1. The summed E-state index contributed by atoms with van der Waals surface area (Å²) < 4.78 is 4.78. The maximum Gasteiger partial charge on any atom is 0.408 e. The number of imide groups is 1. The lowest BCUT2D eigenvalue weighted by Gasteiger charge is -2.14. The van der Waals surface area contributed by atoms with Gasteiger partial charge in [-0.3, -0.25) is 19.7 Å². The molecule has 22 heavy (non-hydrogen) atoms. The van der Waals surface area contributed by atoms with Gasteiger partial charge in [-0.15, -0.1) is 0 Å². The van der Waals surface area contributed by atoms with Crippen LogP contribution < -0.4 is 5.32 Å². The fraction of sp³-hybridized carbons (Fsp3) is 0.308. The molecule has 0 saturated heterocycles. The molecule has 1 aromatic rings. The predicted octanol–water partition coefficient (Wildman–Crippen LogP) is 1.28. The normalized spacial score (nSPS) is 13.0. The van der Waals surface area contributed by atoms with Crippen molar-refractivity contribution in [1.82, 2.24) is 10.2 Å². The molecule has 0 spiro atoms. The molecule has 1 aliphatic rings. The number of benzene rings is 1. The highest BCUT2D eigenvalue weighted by Gasteiger charge is 2.37. The number of hydrogen-bond donors (Lipinski definition) is 1. The maximum atomic E-state index is 12.1. The second-order valence-corrected chi connectivity index (χ2v) is 4.51. The van der Waals surface area contributed by atoms with Crippen molar-refractivity contribution in [2.45, 2.75) is 13.3 Å². The van der Waals surface area contributed by atoms with E-state index in [-0.39, 0.29) is 16.8 Å². The largest absolute Gasteiger partial charge is 0.428 e. The van der Waals surface area contributed by atoms with Crippen LogP contribution in [0.2, 0.25) is 0 Å². The minimum Gasteiger partial charge on any atom is -0.428 e. The monoisotopic (exact) mass is 307 g/mol. The van der Waals surface area contributed by atoms with Crippen LogP contribution in [0.3, 0.4) is 0 Å². The number of alkyl carbamates (subject to hydrolysis) is 1. The van der Waals surface area contributed by atoms with E-state index in [0.717, 1.165) is 17.0 Å². The fourth-order valence-electron chi connectivity index (χ4n) is 1.91. The summed E-state index contributed by atoms with van der Waals surface area (Å²) in [4.78, 5) is 46.2. The van der Waals surface area contributed by atoms with Crippen LogP contribution in [0.4, 0.5) is 10.5 Å². The van der Waals surface area contributed by atoms with Crippen LogP contribution in [0, 0.1) is 10.1 Å². The van der Waals surface area contributed by atoms with Crippen LogP contribution in [0.15, 0.2) is 18.2 Å². The van der Waals surface area contributed by atoms with E-state index in [0.29, 0.717) is 13.0 Å². The minimum atomic E-state index is -0.746. The molecule has 1 aliphatic heterocycles. The highest BCUT2D eigenvalue weighted by molar-refractivity contribution is 6.21. The molecule has 0 aliphatic carbocycles. The summed E-state index contributed by atoms with van der Waals surface area (Å²) in [5.74, 6) is -1.38. The number of carbonyl (C=O) groups excluding carboxylic acids is 3. The number of non-ortho nitro benzene ring substituents is 1. The average Bonchev–Trinajstić information content (AvgIpc) is 2.74. The Morgan fingerprint density at radius 3 is 2.64 bits per heavy atom. The van der Waals surface area contributed by atoms with Crippen LogP contribution >= 0.6 is 0 Å². The van der Waals surface area contributed by atoms with Crippen molar-refractivity contribution in [2.75, 3.05) is 13.3 Å². The number of nitro benzene ring substituents is 1. The van der Waals surface area contributed by atoms with Gasteiger partial charge < -0.3 is 10.1 Å². The Labute approximate surface area is 125 Å². The number of amides is 3. The van der Waals surface area contributed by atoms with E-state index in [2.05, 4.69) is 5.32 Å². The molecular formula is C13H13N3O6. The molecule has 1 aromatic carbocycles. The van der Waals surface area contributed by atoms with Gasteiger partial charge in [0.05, 0.1) is 16.1 Å². The quantitative estimate of drug-likeness (QED) is 0.497. The van der Waals surface area contributed by atoms with E-state index in [1.165, 1.54) is 6.07 Å². The van der Waals surface area contributed by atoms with Crippen molar-refractivity contribution >= 4 is 23.6 Å². The van der Waals surface area contributed by atoms with Crippen molar-refractivity contribution in [2.24, 2.45) is 0 Å². The topological polar surface area (TPSA) is 119 Å². The molecule has 0 radical (unpaired) electrons. The molecule has 9 nitrogen and oxygen atoms in total. The summed E-state index contributed by atoms with van der Waals surface area (Å²) in [5.41, 5.74) is -0.312. The Balaban J connectivity index is 2.10. The molecule has 9 heteroatoms. The van der Waals surface area contributed by atoms with Gasteiger partial charge in [0, 0.05) is 18.7 Å². The summed E-state index contributed by atoms with van der Waals surface area (Å²) in [6, 6.07) is 3.39. The molecule has 0 fully saturated rings. The van der Waals surface area contributed by atoms with Gasteiger partial charge in [-0.1, -0.05) is 6.92 Å². The first-order valence-electron chi connectivity index (χ1n) is 6.51. The average molecular weight is 307 g/mol. The van der Waals surface area contributed by atoms with Crippen molar-refractivity contribution < 1.29 is 24.0 Å². The van der Waals surface area contributed by atoms with E-state index >= 15 is 0 Å². The molecule has 0 saturated carbocycles. The van der Waals surface area contributed by atoms with E-state index in [1.54, 1.807) is 0 Å². The van der Waals surface area contributed by atoms with Crippen LogP contribution in [0.5, 0.6) is 0 Å². The Kier molecular flexibility index (Phi) is 4.35. The molecule has 0 bridgehead atoms. The number of hydrogen-bond acceptors (Lipinski definition) is 6. The highest BCUT2D eigenvalue weighted by atomic mass is 16.6. The summed E-state index contributed by atoms with van der Waals surface area (Å²) in [7, 11) is 0. The van der Waals surface area contributed by atoms with Gasteiger partial charge in [-0.05, 0) is 12.5 Å². The number of nitrogens with zero attached hydrogens (tertiary/aromatic N) is 2. The molecule has 0 unspecified atom stereocenters. The zero-order chi connectivity index (χ0) is 16.3. The predicted molar refractivity (Wildman–Crippen MR) is 73.2 cm³/mol. The Morgan fingerprint density at radius 1 is 1.32 bits per heavy atom. The van der Waals surface area contributed by atoms with E-state index < -0.39 is 29.6 Å². The molecular weight excluding hydrogens is 294 g/mol. The van der Waals surface area contributed by atoms with Gasteiger partial charge in [0.2, 0.25) is 0 Å². The lowest BCUT2D eigenvalue weighted by atomic mass is 10.1. The number of carbonyl (C=O) groups is 3. The van der Waals surface area contributed by atoms with Crippen LogP contribution in [0.1, 0.15) is 34.1 Å². The lowest BCUT2D eigenvalue weighted by molar-refractivity contribution is -0.384. The highest BCUT2D eigenvalue weighted by Crippen LogP contribution is 2.26. The number of nitro groups is 1. The molecule has 2 rings (SSSR count). The standard InChI is InChI=1S/C13H13N3O6/c1-2-5-14-13(19)22-7-15-11(17)9-4-3-8(16(20)21)6-10(9)12(15)18/h3-4,6H,2,5,7H2,1H3,(H,14,19). The van der Waals surface area contributed by atoms with Crippen LogP contribution in [0.25, 0.3) is 0 Å². The first kappa shape index (κ1) is 15.4. The first-order chi connectivity index (χ1) is 10.5. The Bertz CT molecular complexity index is 657. The van der Waals surface area contributed by atoms with E-state index in [1.807, 2.05) is 6.92 Å². The number of rotatable bonds is 5. The van der Waals surface area contributed by atoms with E-state index in [9.17, 15) is 24.5 Å². The number of fused-ring (bicyclic) bond motifs is 1. The fourth-order valence-corrected chi connectivity index (χ4v) is 1.91. The zero-order valence-corrected chi connectivity index (χ0v) is 11.7. The van der Waals surface area contributed by atoms with Crippen LogP contribution in [-0.2, 0) is 4.74 Å². The second kappa shape index (κ2) is 6.20. The van der Waals surface area contributed by atoms with Gasteiger partial charge in [0.1, 0.15) is 0 Å². The van der Waals surface area contributed by atoms with Gasteiger partial charge in [0.15, 0.2) is 6.73 Å². The number of ether oxygens (including phenoxy) is 1. The van der Waals surface area contributed by atoms with Crippen molar-refractivity contribution in [3.63, 3.8) is 0 Å². The summed E-state index contributed by atoms with van der Waals surface area (Å²) in [6.07, 6.45) is -0.0319. The molecule has 1 heterocycles. The second-order valence-electron chi connectivity index (χ2n) is 4.51. The minimum absolute atomic E-state index is 0.0492. The lowest BCUT2D eigenvalue weighted by Crippen LogP contribution is -2.36. The SMILES string of the molecule is CCCNC(=O)OCN1C(=O)c2ccc([N+](=O)[O-])cc2C1=O. The Hall–Kier alpha value is -2.97. The number of nitrogens with one attached hydrogen (secondary N) is 1. The van der Waals surface area contributed by atoms with Gasteiger partial charge in [-0.25, -0.2) is 9.69 Å². The molecule has 0 aromatic heterocycles. The maximum absolute atomic E-state index is 12.1. The zero-order valence-electron chi connectivity index (χ0n) is 11.7. The van der Waals surface area contributed by atoms with E-state index in [4.69, 9.17) is 4.74 Å². The smallest absolute Gasteiger partial charge is 0.408 e. The third-order valence-corrected chi connectivity index (χ3v) is 3.01. The third kappa shape index (κ3) is 2.87. The van der Waals surface area contributed by atoms with Crippen molar-refractivity contribution in [3.8, 4) is 0 Å². The summed E-state index contributed by atoms with van der Waals surface area (Å²) >= 11 is 0. The van der Waals surface area contributed by atoms with Crippen molar-refractivity contribution in [3.05, 3.63) is 39.4 Å². The summed E-state index contributed by atoms with van der Waals surface area (Å²) in [6.45, 7) is 1.72. The Morgan fingerprint density at radius 2 is 2.00 bits per heavy atom. The molecule has 0 atom stereocenters. The molecule has 1 N–H and O–H groups in total. The van der Waals surface area contributed by atoms with Gasteiger partial charge >= 0.3 is 6.09 Å². The van der Waals surface area contributed by atoms with Crippen molar-refractivity contribution in [1.29, 1.82) is 0 Å². The van der Waals surface area contributed by atoms with Crippen LogP contribution in [-0.4, -0.2) is 41.0 Å².